The van der Waals surface area contributed by atoms with E-state index < -0.39 is 0 Å². The SMILES string of the molecule is COc1ccc(-c2ccc(/C=C/c3ccc(C#N)cc3)cn2)cc1. The minimum atomic E-state index is 0.665. The summed E-state index contributed by atoms with van der Waals surface area (Å²) in [7, 11) is 1.66. The van der Waals surface area contributed by atoms with Crippen molar-refractivity contribution in [1.29, 1.82) is 5.26 Å². The maximum atomic E-state index is 8.80. The number of hydrogen-bond donors (Lipinski definition) is 0. The Bertz CT molecular complexity index is 871. The van der Waals surface area contributed by atoms with Gasteiger partial charge in [-0.25, -0.2) is 0 Å². The van der Waals surface area contributed by atoms with Crippen molar-refractivity contribution in [2.75, 3.05) is 7.11 Å². The highest BCUT2D eigenvalue weighted by molar-refractivity contribution is 5.70. The van der Waals surface area contributed by atoms with Gasteiger partial charge in [0.2, 0.25) is 0 Å². The van der Waals surface area contributed by atoms with Gasteiger partial charge >= 0.3 is 0 Å². The molecule has 0 aliphatic carbocycles. The van der Waals surface area contributed by atoms with Gasteiger partial charge in [0, 0.05) is 11.8 Å². The van der Waals surface area contributed by atoms with Gasteiger partial charge in [0.25, 0.3) is 0 Å². The van der Waals surface area contributed by atoms with Crippen LogP contribution >= 0.6 is 0 Å². The first-order chi connectivity index (χ1) is 11.8. The molecule has 0 bridgehead atoms. The highest BCUT2D eigenvalue weighted by Gasteiger charge is 1.99. The van der Waals surface area contributed by atoms with E-state index in [1.807, 2.05) is 79.0 Å². The summed E-state index contributed by atoms with van der Waals surface area (Å²) < 4.78 is 5.17. The van der Waals surface area contributed by atoms with Crippen LogP contribution in [0.15, 0.2) is 66.9 Å². The Labute approximate surface area is 141 Å². The molecule has 1 heterocycles. The molecule has 1 aromatic heterocycles. The van der Waals surface area contributed by atoms with E-state index in [0.29, 0.717) is 5.56 Å². The van der Waals surface area contributed by atoms with Crippen LogP contribution in [0.4, 0.5) is 0 Å². The summed E-state index contributed by atoms with van der Waals surface area (Å²) in [4.78, 5) is 4.51. The number of aromatic nitrogens is 1. The molecule has 3 aromatic rings. The van der Waals surface area contributed by atoms with Crippen molar-refractivity contribution in [3.63, 3.8) is 0 Å². The van der Waals surface area contributed by atoms with Crippen LogP contribution in [0.2, 0.25) is 0 Å². The average molecular weight is 312 g/mol. The minimum Gasteiger partial charge on any atom is -0.497 e. The number of rotatable bonds is 4. The first kappa shape index (κ1) is 15.5. The molecule has 0 amide bonds. The second-order valence-electron chi connectivity index (χ2n) is 5.27. The normalized spacial score (nSPS) is 10.5. The number of ether oxygens (including phenoxy) is 1. The zero-order valence-corrected chi connectivity index (χ0v) is 13.3. The van der Waals surface area contributed by atoms with E-state index in [-0.39, 0.29) is 0 Å². The molecular formula is C21H16N2O. The van der Waals surface area contributed by atoms with Crippen LogP contribution in [0.5, 0.6) is 5.75 Å². The van der Waals surface area contributed by atoms with Crippen LogP contribution in [0.3, 0.4) is 0 Å². The minimum absolute atomic E-state index is 0.665. The van der Waals surface area contributed by atoms with Crippen LogP contribution in [0.1, 0.15) is 16.7 Å². The van der Waals surface area contributed by atoms with E-state index in [0.717, 1.165) is 28.1 Å². The van der Waals surface area contributed by atoms with Gasteiger partial charge in [0.05, 0.1) is 24.4 Å². The van der Waals surface area contributed by atoms with Crippen molar-refractivity contribution in [3.8, 4) is 23.1 Å². The molecule has 24 heavy (non-hydrogen) atoms. The van der Waals surface area contributed by atoms with E-state index in [9.17, 15) is 0 Å². The topological polar surface area (TPSA) is 45.9 Å². The van der Waals surface area contributed by atoms with Gasteiger partial charge in [-0.05, 0) is 53.6 Å². The Balaban J connectivity index is 1.73. The summed E-state index contributed by atoms with van der Waals surface area (Å²) in [5, 5.41) is 8.80. The summed E-state index contributed by atoms with van der Waals surface area (Å²) >= 11 is 0. The monoisotopic (exact) mass is 312 g/mol. The van der Waals surface area contributed by atoms with E-state index >= 15 is 0 Å². The molecule has 3 nitrogen and oxygen atoms in total. The van der Waals surface area contributed by atoms with Gasteiger partial charge in [-0.1, -0.05) is 30.4 Å². The van der Waals surface area contributed by atoms with Gasteiger partial charge in [-0.15, -0.1) is 0 Å². The van der Waals surface area contributed by atoms with Crippen molar-refractivity contribution >= 4 is 12.2 Å². The molecular weight excluding hydrogens is 296 g/mol. The number of methoxy groups -OCH3 is 1. The van der Waals surface area contributed by atoms with Crippen molar-refractivity contribution in [1.82, 2.24) is 4.98 Å². The Hall–Kier alpha value is -3.38. The van der Waals surface area contributed by atoms with Crippen LogP contribution in [0.25, 0.3) is 23.4 Å². The zero-order valence-electron chi connectivity index (χ0n) is 13.3. The molecule has 3 rings (SSSR count). The highest BCUT2D eigenvalue weighted by atomic mass is 16.5. The summed E-state index contributed by atoms with van der Waals surface area (Å²) in [6.07, 6.45) is 5.86. The van der Waals surface area contributed by atoms with E-state index in [1.54, 1.807) is 7.11 Å². The molecule has 116 valence electrons. The largest absolute Gasteiger partial charge is 0.497 e. The van der Waals surface area contributed by atoms with Gasteiger partial charge in [-0.3, -0.25) is 4.98 Å². The summed E-state index contributed by atoms with van der Waals surface area (Å²) in [6, 6.07) is 21.5. The summed E-state index contributed by atoms with van der Waals surface area (Å²) in [5.74, 6) is 0.834. The Morgan fingerprint density at radius 3 is 2.12 bits per heavy atom. The fourth-order valence-corrected chi connectivity index (χ4v) is 2.30. The third-order valence-electron chi connectivity index (χ3n) is 3.68. The summed E-state index contributed by atoms with van der Waals surface area (Å²) in [6.45, 7) is 0. The molecule has 0 aliphatic heterocycles. The summed E-state index contributed by atoms with van der Waals surface area (Å²) in [5.41, 5.74) is 4.72. The number of nitrogens with zero attached hydrogens (tertiary/aromatic N) is 2. The van der Waals surface area contributed by atoms with E-state index in [4.69, 9.17) is 10.00 Å². The first-order valence-electron chi connectivity index (χ1n) is 7.57. The lowest BCUT2D eigenvalue weighted by Gasteiger charge is -2.03. The van der Waals surface area contributed by atoms with Crippen LogP contribution < -0.4 is 4.74 Å². The smallest absolute Gasteiger partial charge is 0.118 e. The van der Waals surface area contributed by atoms with Gasteiger partial charge < -0.3 is 4.74 Å². The standard InChI is InChI=1S/C21H16N2O/c1-24-20-11-9-19(10-12-20)21-13-8-18(15-23-21)7-4-16-2-5-17(14-22)6-3-16/h2-13,15H,1H3/b7-4+. The molecule has 0 aliphatic rings. The first-order valence-corrected chi connectivity index (χ1v) is 7.57. The van der Waals surface area contributed by atoms with Crippen molar-refractivity contribution in [3.05, 3.63) is 83.6 Å². The zero-order chi connectivity index (χ0) is 16.8. The number of nitriles is 1. The van der Waals surface area contributed by atoms with E-state index in [2.05, 4.69) is 11.1 Å². The number of benzene rings is 2. The average Bonchev–Trinajstić information content (AvgIpc) is 2.67. The molecule has 0 atom stereocenters. The molecule has 2 aromatic carbocycles. The third kappa shape index (κ3) is 3.68. The molecule has 0 unspecified atom stereocenters. The molecule has 0 fully saturated rings. The van der Waals surface area contributed by atoms with Gasteiger partial charge in [0.15, 0.2) is 0 Å². The number of hydrogen-bond acceptors (Lipinski definition) is 3. The molecule has 0 saturated heterocycles. The maximum Gasteiger partial charge on any atom is 0.118 e. The van der Waals surface area contributed by atoms with Gasteiger partial charge in [0.1, 0.15) is 5.75 Å². The third-order valence-corrected chi connectivity index (χ3v) is 3.68. The van der Waals surface area contributed by atoms with Crippen molar-refractivity contribution in [2.24, 2.45) is 0 Å². The van der Waals surface area contributed by atoms with Gasteiger partial charge in [-0.2, -0.15) is 5.26 Å². The predicted octanol–water partition coefficient (Wildman–Crippen LogP) is 4.80. The maximum absolute atomic E-state index is 8.80. The molecule has 0 saturated carbocycles. The molecule has 0 spiro atoms. The van der Waals surface area contributed by atoms with Crippen LogP contribution in [0, 0.1) is 11.3 Å². The lowest BCUT2D eigenvalue weighted by molar-refractivity contribution is 0.415. The second-order valence-corrected chi connectivity index (χ2v) is 5.27. The van der Waals surface area contributed by atoms with Crippen molar-refractivity contribution < 1.29 is 4.74 Å². The lowest BCUT2D eigenvalue weighted by atomic mass is 10.1. The Kier molecular flexibility index (Phi) is 4.69. The fraction of sp³-hybridized carbons (Fsp3) is 0.0476. The quantitative estimate of drug-likeness (QED) is 0.695. The van der Waals surface area contributed by atoms with E-state index in [1.165, 1.54) is 0 Å². The molecule has 3 heteroatoms. The predicted molar refractivity (Wildman–Crippen MR) is 96.3 cm³/mol. The Morgan fingerprint density at radius 1 is 0.875 bits per heavy atom. The van der Waals surface area contributed by atoms with Crippen LogP contribution in [-0.2, 0) is 0 Å². The Morgan fingerprint density at radius 2 is 1.54 bits per heavy atom. The fourth-order valence-electron chi connectivity index (χ4n) is 2.30. The number of pyridine rings is 1. The lowest BCUT2D eigenvalue weighted by Crippen LogP contribution is -1.86. The van der Waals surface area contributed by atoms with Crippen molar-refractivity contribution in [2.45, 2.75) is 0 Å². The molecule has 0 N–H and O–H groups in total. The highest BCUT2D eigenvalue weighted by Crippen LogP contribution is 2.21. The second kappa shape index (κ2) is 7.26. The van der Waals surface area contributed by atoms with Crippen LogP contribution in [-0.4, -0.2) is 12.1 Å². The molecule has 0 radical (unpaired) electrons.